The lowest BCUT2D eigenvalue weighted by Gasteiger charge is -2.48. The highest BCUT2D eigenvalue weighted by Crippen LogP contribution is 2.47. The van der Waals surface area contributed by atoms with Crippen molar-refractivity contribution < 1.29 is 9.59 Å². The first-order valence-corrected chi connectivity index (χ1v) is 18.5. The molecule has 42 heavy (non-hydrogen) atoms. The number of nitrogens with one attached hydrogen (secondary N) is 1. The highest BCUT2D eigenvalue weighted by atomic mass is 79.9. The van der Waals surface area contributed by atoms with E-state index in [0.29, 0.717) is 46.7 Å². The maximum atomic E-state index is 14.1. The van der Waals surface area contributed by atoms with Crippen molar-refractivity contribution in [1.29, 1.82) is 0 Å². The van der Waals surface area contributed by atoms with Crippen LogP contribution in [-0.4, -0.2) is 63.2 Å². The molecule has 3 saturated carbocycles. The summed E-state index contributed by atoms with van der Waals surface area (Å²) < 4.78 is 0. The van der Waals surface area contributed by atoms with Crippen molar-refractivity contribution in [2.75, 3.05) is 6.54 Å². The van der Waals surface area contributed by atoms with E-state index in [2.05, 4.69) is 58.6 Å². The number of allylic oxidation sites excluding steroid dienone is 1. The van der Waals surface area contributed by atoms with Crippen LogP contribution in [0, 0.1) is 29.6 Å². The predicted octanol–water partition coefficient (Wildman–Crippen LogP) is 7.25. The number of amides is 1. The van der Waals surface area contributed by atoms with Gasteiger partial charge in [0, 0.05) is 53.4 Å². The molecule has 0 radical (unpaired) electrons. The van der Waals surface area contributed by atoms with Gasteiger partial charge in [-0.25, -0.2) is 5.01 Å². The number of hydrogen-bond donors (Lipinski definition) is 2. The summed E-state index contributed by atoms with van der Waals surface area (Å²) in [4.78, 5) is 26.6. The number of carbonyl (C=O) groups is 2. The minimum atomic E-state index is 0.0185. The van der Waals surface area contributed by atoms with Crippen molar-refractivity contribution in [2.45, 2.75) is 160 Å². The number of rotatable bonds is 8. The summed E-state index contributed by atoms with van der Waals surface area (Å²) in [6.07, 6.45) is 17.6. The first kappa shape index (κ1) is 35.7. The van der Waals surface area contributed by atoms with Gasteiger partial charge in [0.2, 0.25) is 5.91 Å². The first-order chi connectivity index (χ1) is 20.2. The molecular weight excluding hydrogens is 588 g/mol. The number of nitrogens with zero attached hydrogens (tertiary/aromatic N) is 2. The molecular formula is C35H63BrN4O2. The number of alkyl halides is 1. The Labute approximate surface area is 266 Å². The van der Waals surface area contributed by atoms with E-state index in [1.165, 1.54) is 64.4 Å². The standard InChI is InChI=1S/C29H51BrN4O.C4H6O.C2H6/c1-4-6-25-28-26(5-2)33(29(35)23-14-11-21(30)17-24(23)18(3)31)16-15-27(28)34(32-25)22-12-9-20(10-13-22)19-7-8-19;1-3-4(2)5;1-2/h18-28,32H,4-17,31H2,1-3H3;3H,1H2,2H3;1-2H3/t18?,20?,21?,22?,23?,24?,25?,26-,27?,28?;;/m0../s1. The van der Waals surface area contributed by atoms with E-state index >= 15 is 0 Å². The molecule has 2 aliphatic heterocycles. The maximum absolute atomic E-state index is 14.1. The summed E-state index contributed by atoms with van der Waals surface area (Å²) in [6, 6.07) is 2.22. The predicted molar refractivity (Wildman–Crippen MR) is 179 cm³/mol. The largest absolute Gasteiger partial charge is 0.339 e. The average Bonchev–Trinajstić information content (AvgIpc) is 3.79. The number of carbonyl (C=O) groups excluding carboxylic acids is 2. The van der Waals surface area contributed by atoms with E-state index in [-0.39, 0.29) is 17.7 Å². The third-order valence-corrected chi connectivity index (χ3v) is 11.8. The fourth-order valence-electron chi connectivity index (χ4n) is 8.71. The molecule has 2 heterocycles. The van der Waals surface area contributed by atoms with Crippen LogP contribution in [0.25, 0.3) is 0 Å². The Morgan fingerprint density at radius 3 is 2.12 bits per heavy atom. The van der Waals surface area contributed by atoms with E-state index in [1.807, 2.05) is 13.8 Å². The van der Waals surface area contributed by atoms with Crippen LogP contribution in [0.1, 0.15) is 125 Å². The second-order valence-corrected chi connectivity index (χ2v) is 14.9. The van der Waals surface area contributed by atoms with Crippen molar-refractivity contribution in [2.24, 2.45) is 35.3 Å². The normalized spacial score (nSPS) is 37.3. The van der Waals surface area contributed by atoms with E-state index in [9.17, 15) is 9.59 Å². The topological polar surface area (TPSA) is 78.7 Å². The highest BCUT2D eigenvalue weighted by Gasteiger charge is 2.53. The molecule has 5 fully saturated rings. The molecule has 3 N–H and O–H groups in total. The fourth-order valence-corrected chi connectivity index (χ4v) is 9.41. The Hall–Kier alpha value is -0.760. The number of hydrazine groups is 1. The third kappa shape index (κ3) is 8.69. The summed E-state index contributed by atoms with van der Waals surface area (Å²) in [5, 5.41) is 2.74. The molecule has 2 saturated heterocycles. The van der Waals surface area contributed by atoms with Crippen LogP contribution in [0.5, 0.6) is 0 Å². The van der Waals surface area contributed by atoms with E-state index in [4.69, 9.17) is 5.73 Å². The van der Waals surface area contributed by atoms with Crippen molar-refractivity contribution >= 4 is 27.6 Å². The average molecular weight is 652 g/mol. The van der Waals surface area contributed by atoms with Crippen LogP contribution in [-0.2, 0) is 9.59 Å². The summed E-state index contributed by atoms with van der Waals surface area (Å²) in [7, 11) is 0. The zero-order valence-corrected chi connectivity index (χ0v) is 29.3. The summed E-state index contributed by atoms with van der Waals surface area (Å²) >= 11 is 3.82. The molecule has 0 spiro atoms. The molecule has 0 aromatic heterocycles. The van der Waals surface area contributed by atoms with Gasteiger partial charge in [-0.1, -0.05) is 56.6 Å². The molecule has 6 nitrogen and oxygen atoms in total. The minimum absolute atomic E-state index is 0.0185. The van der Waals surface area contributed by atoms with Gasteiger partial charge in [0.25, 0.3) is 0 Å². The number of nitrogens with two attached hydrogens (primary N) is 1. The molecule has 3 aliphatic carbocycles. The van der Waals surface area contributed by atoms with Gasteiger partial charge in [0.15, 0.2) is 5.78 Å². The molecule has 0 bridgehead atoms. The van der Waals surface area contributed by atoms with Crippen LogP contribution in [0.2, 0.25) is 0 Å². The minimum Gasteiger partial charge on any atom is -0.339 e. The molecule has 242 valence electrons. The van der Waals surface area contributed by atoms with Crippen molar-refractivity contribution in [3.05, 3.63) is 12.7 Å². The maximum Gasteiger partial charge on any atom is 0.226 e. The van der Waals surface area contributed by atoms with Crippen LogP contribution in [0.15, 0.2) is 12.7 Å². The molecule has 1 amide bonds. The molecule has 7 unspecified atom stereocenters. The van der Waals surface area contributed by atoms with Crippen molar-refractivity contribution in [1.82, 2.24) is 15.3 Å². The Balaban J connectivity index is 0.000000627. The highest BCUT2D eigenvalue weighted by molar-refractivity contribution is 9.09. The molecule has 5 aliphatic rings. The summed E-state index contributed by atoms with van der Waals surface area (Å²) in [6.45, 7) is 16.3. The number of ketones is 1. The summed E-state index contributed by atoms with van der Waals surface area (Å²) in [5.74, 6) is 3.44. The van der Waals surface area contributed by atoms with Crippen LogP contribution >= 0.6 is 15.9 Å². The molecule has 7 heteroatoms. The second kappa shape index (κ2) is 17.1. The quantitative estimate of drug-likeness (QED) is 0.214. The Kier molecular flexibility index (Phi) is 14.5. The number of likely N-dealkylation sites (tertiary alicyclic amines) is 1. The zero-order chi connectivity index (χ0) is 31.0. The molecule has 5 rings (SSSR count). The van der Waals surface area contributed by atoms with E-state index in [0.717, 1.165) is 50.5 Å². The van der Waals surface area contributed by atoms with Crippen molar-refractivity contribution in [3.63, 3.8) is 0 Å². The van der Waals surface area contributed by atoms with Gasteiger partial charge in [-0.2, -0.15) is 0 Å². The van der Waals surface area contributed by atoms with Gasteiger partial charge < -0.3 is 10.6 Å². The van der Waals surface area contributed by atoms with E-state index < -0.39 is 0 Å². The van der Waals surface area contributed by atoms with Gasteiger partial charge in [0.05, 0.1) is 0 Å². The lowest BCUT2D eigenvalue weighted by Crippen LogP contribution is -2.59. The third-order valence-electron chi connectivity index (χ3n) is 10.9. The van der Waals surface area contributed by atoms with Crippen LogP contribution < -0.4 is 11.2 Å². The monoisotopic (exact) mass is 650 g/mol. The summed E-state index contributed by atoms with van der Waals surface area (Å²) in [5.41, 5.74) is 10.5. The first-order valence-electron chi connectivity index (χ1n) is 17.6. The lowest BCUT2D eigenvalue weighted by atomic mass is 9.73. The van der Waals surface area contributed by atoms with E-state index in [1.54, 1.807) is 0 Å². The van der Waals surface area contributed by atoms with Crippen LogP contribution in [0.4, 0.5) is 0 Å². The van der Waals surface area contributed by atoms with Crippen LogP contribution in [0.3, 0.4) is 0 Å². The lowest BCUT2D eigenvalue weighted by molar-refractivity contribution is -0.145. The van der Waals surface area contributed by atoms with Crippen molar-refractivity contribution in [3.8, 4) is 0 Å². The number of halogens is 1. The fraction of sp³-hybridized carbons (Fsp3) is 0.886. The molecule has 0 aromatic rings. The smallest absolute Gasteiger partial charge is 0.226 e. The van der Waals surface area contributed by atoms with Gasteiger partial charge in [-0.05, 0) is 115 Å². The van der Waals surface area contributed by atoms with Gasteiger partial charge in [-0.3, -0.25) is 15.0 Å². The zero-order valence-electron chi connectivity index (χ0n) is 27.7. The number of piperidine rings is 1. The van der Waals surface area contributed by atoms with Gasteiger partial charge in [-0.15, -0.1) is 0 Å². The molecule has 8 atom stereocenters. The Morgan fingerprint density at radius 2 is 1.62 bits per heavy atom. The SMILES string of the molecule is C=CC(C)=O.CC.CCCC1NN(C2CCC(C3CC3)CC2)C2CCN(C(=O)C3CCC(Br)CC3C(C)N)[C@@H](CC)C12. The second-order valence-electron chi connectivity index (χ2n) is 13.6. The molecule has 0 aromatic carbocycles. The van der Waals surface area contributed by atoms with Gasteiger partial charge >= 0.3 is 0 Å². The Morgan fingerprint density at radius 1 is 1.02 bits per heavy atom. The number of hydrogen-bond acceptors (Lipinski definition) is 5. The number of fused-ring (bicyclic) bond motifs is 1. The van der Waals surface area contributed by atoms with Gasteiger partial charge in [0.1, 0.15) is 0 Å². The Bertz CT molecular complexity index is 856.